The molecule has 0 bridgehead atoms. The van der Waals surface area contributed by atoms with Crippen LogP contribution in [0.3, 0.4) is 0 Å². The van der Waals surface area contributed by atoms with E-state index in [-0.39, 0.29) is 17.9 Å². The number of nitrogens with one attached hydrogen (secondary N) is 1. The number of hydrogen-bond donors (Lipinski definition) is 1. The molecule has 1 aromatic rings. The minimum atomic E-state index is -0.133. The van der Waals surface area contributed by atoms with Crippen LogP contribution < -0.4 is 5.32 Å². The zero-order valence-corrected chi connectivity index (χ0v) is 14.8. The Morgan fingerprint density at radius 2 is 2.16 bits per heavy atom. The summed E-state index contributed by atoms with van der Waals surface area (Å²) in [4.78, 5) is 27.4. The molecule has 1 aromatic heterocycles. The number of fused-ring (bicyclic) bond motifs is 1. The van der Waals surface area contributed by atoms with Gasteiger partial charge >= 0.3 is 0 Å². The number of carbonyl (C=O) groups is 2. The third kappa shape index (κ3) is 3.02. The van der Waals surface area contributed by atoms with Crippen molar-refractivity contribution in [1.29, 1.82) is 0 Å². The van der Waals surface area contributed by atoms with Crippen LogP contribution in [-0.2, 0) is 4.79 Å². The van der Waals surface area contributed by atoms with Crippen molar-refractivity contribution in [3.63, 3.8) is 0 Å². The second kappa shape index (κ2) is 6.73. The Balaban J connectivity index is 1.35. The molecule has 0 spiro atoms. The minimum Gasteiger partial charge on any atom is -0.350 e. The van der Waals surface area contributed by atoms with Crippen LogP contribution in [0.4, 0.5) is 0 Å². The first-order valence-corrected chi connectivity index (χ1v) is 9.52. The predicted octanol–water partition coefficient (Wildman–Crippen LogP) is 1.94. The van der Waals surface area contributed by atoms with Gasteiger partial charge in [-0.05, 0) is 50.5 Å². The molecule has 6 nitrogen and oxygen atoms in total. The number of carbonyl (C=O) groups excluding carboxylic acids is 2. The van der Waals surface area contributed by atoms with Crippen molar-refractivity contribution in [3.05, 3.63) is 23.5 Å². The molecule has 1 saturated heterocycles. The van der Waals surface area contributed by atoms with Crippen molar-refractivity contribution in [3.8, 4) is 0 Å². The largest absolute Gasteiger partial charge is 0.350 e. The summed E-state index contributed by atoms with van der Waals surface area (Å²) in [6.07, 6.45) is 8.45. The van der Waals surface area contributed by atoms with Crippen LogP contribution in [0.25, 0.3) is 0 Å². The van der Waals surface area contributed by atoms with Crippen molar-refractivity contribution < 1.29 is 9.59 Å². The lowest BCUT2D eigenvalue weighted by atomic mass is 9.66. The maximum Gasteiger partial charge on any atom is 0.253 e. The number of aryl methyl sites for hydroxylation is 1. The fraction of sp³-hybridized carbons (Fsp3) is 0.684. The standard InChI is InChI=1S/C19H26N4O2/c1-12-15(7-8-21-22-12)18(24)20-11-14-5-3-9-23(14)19(25)17-10-13-4-2-6-16(13)17/h7-8,13-14,16-17H,2-6,9-11H2,1H3,(H,20,24)/t13?,14-,16?,17?/m1/s1. The maximum absolute atomic E-state index is 12.9. The second-order valence-electron chi connectivity index (χ2n) is 7.77. The van der Waals surface area contributed by atoms with Crippen molar-refractivity contribution in [2.75, 3.05) is 13.1 Å². The highest BCUT2D eigenvalue weighted by Crippen LogP contribution is 2.52. The summed E-state index contributed by atoms with van der Waals surface area (Å²) in [5.74, 6) is 1.88. The van der Waals surface area contributed by atoms with Crippen LogP contribution in [0.2, 0.25) is 0 Å². The van der Waals surface area contributed by atoms with Gasteiger partial charge in [-0.15, -0.1) is 0 Å². The smallest absolute Gasteiger partial charge is 0.253 e. The van der Waals surface area contributed by atoms with Crippen molar-refractivity contribution in [1.82, 2.24) is 20.4 Å². The Hall–Kier alpha value is -1.98. The van der Waals surface area contributed by atoms with Gasteiger partial charge in [0.1, 0.15) is 0 Å². The molecule has 2 amide bonds. The summed E-state index contributed by atoms with van der Waals surface area (Å²) >= 11 is 0. The van der Waals surface area contributed by atoms with E-state index in [4.69, 9.17) is 0 Å². The summed E-state index contributed by atoms with van der Waals surface area (Å²) in [5, 5.41) is 10.7. The molecule has 3 fully saturated rings. The van der Waals surface area contributed by atoms with E-state index in [2.05, 4.69) is 15.5 Å². The monoisotopic (exact) mass is 342 g/mol. The van der Waals surface area contributed by atoms with Gasteiger partial charge in [-0.1, -0.05) is 12.8 Å². The summed E-state index contributed by atoms with van der Waals surface area (Å²) in [6, 6.07) is 1.82. The normalized spacial score (nSPS) is 30.7. The molecule has 25 heavy (non-hydrogen) atoms. The molecule has 0 radical (unpaired) electrons. The van der Waals surface area contributed by atoms with Gasteiger partial charge < -0.3 is 10.2 Å². The Morgan fingerprint density at radius 3 is 2.96 bits per heavy atom. The van der Waals surface area contributed by atoms with Gasteiger partial charge in [-0.25, -0.2) is 0 Å². The number of nitrogens with zero attached hydrogens (tertiary/aromatic N) is 3. The van der Waals surface area contributed by atoms with Gasteiger partial charge in [0.25, 0.3) is 5.91 Å². The van der Waals surface area contributed by atoms with E-state index in [0.717, 1.165) is 31.7 Å². The SMILES string of the molecule is Cc1nnccc1C(=O)NC[C@H]1CCCN1C(=O)C1CC2CCCC21. The highest BCUT2D eigenvalue weighted by Gasteiger charge is 2.49. The molecule has 3 aliphatic rings. The summed E-state index contributed by atoms with van der Waals surface area (Å²) in [6.45, 7) is 3.14. The van der Waals surface area contributed by atoms with Gasteiger partial charge in [0, 0.05) is 25.0 Å². The zero-order chi connectivity index (χ0) is 17.4. The lowest BCUT2D eigenvalue weighted by Gasteiger charge is -2.42. The molecule has 1 aliphatic heterocycles. The highest BCUT2D eigenvalue weighted by atomic mass is 16.2. The highest BCUT2D eigenvalue weighted by molar-refractivity contribution is 5.95. The Labute approximate surface area is 148 Å². The van der Waals surface area contributed by atoms with Crippen LogP contribution in [0.1, 0.15) is 54.6 Å². The van der Waals surface area contributed by atoms with E-state index in [1.807, 2.05) is 4.90 Å². The van der Waals surface area contributed by atoms with Crippen LogP contribution in [0.5, 0.6) is 0 Å². The lowest BCUT2D eigenvalue weighted by Crippen LogP contribution is -2.50. The van der Waals surface area contributed by atoms with Crippen molar-refractivity contribution in [2.45, 2.75) is 51.5 Å². The second-order valence-corrected chi connectivity index (χ2v) is 7.77. The fourth-order valence-electron chi connectivity index (χ4n) is 4.98. The predicted molar refractivity (Wildman–Crippen MR) is 92.8 cm³/mol. The Bertz CT molecular complexity index is 677. The van der Waals surface area contributed by atoms with E-state index in [1.54, 1.807) is 13.0 Å². The number of amides is 2. The molecule has 2 aliphatic carbocycles. The van der Waals surface area contributed by atoms with Crippen LogP contribution >= 0.6 is 0 Å². The molecule has 2 heterocycles. The number of rotatable bonds is 4. The van der Waals surface area contributed by atoms with E-state index in [0.29, 0.717) is 29.6 Å². The van der Waals surface area contributed by atoms with Crippen LogP contribution in [-0.4, -0.2) is 46.0 Å². The average Bonchev–Trinajstić information content (AvgIpc) is 3.20. The number of likely N-dealkylation sites (tertiary alicyclic amines) is 1. The quantitative estimate of drug-likeness (QED) is 0.907. The zero-order valence-electron chi connectivity index (χ0n) is 14.8. The average molecular weight is 342 g/mol. The summed E-state index contributed by atoms with van der Waals surface area (Å²) < 4.78 is 0. The Kier molecular flexibility index (Phi) is 4.44. The van der Waals surface area contributed by atoms with Crippen LogP contribution in [0.15, 0.2) is 12.3 Å². The molecule has 3 unspecified atom stereocenters. The first-order valence-electron chi connectivity index (χ1n) is 9.52. The van der Waals surface area contributed by atoms with Gasteiger partial charge in [0.2, 0.25) is 5.91 Å². The van der Waals surface area contributed by atoms with E-state index < -0.39 is 0 Å². The van der Waals surface area contributed by atoms with E-state index in [1.165, 1.54) is 25.5 Å². The van der Waals surface area contributed by atoms with Crippen molar-refractivity contribution in [2.24, 2.45) is 17.8 Å². The van der Waals surface area contributed by atoms with Gasteiger partial charge in [0.05, 0.1) is 17.5 Å². The molecule has 4 rings (SSSR count). The number of aromatic nitrogens is 2. The van der Waals surface area contributed by atoms with Gasteiger partial charge in [-0.2, -0.15) is 10.2 Å². The molecular weight excluding hydrogens is 316 g/mol. The first kappa shape index (κ1) is 16.5. The third-order valence-electron chi connectivity index (χ3n) is 6.42. The topological polar surface area (TPSA) is 75.2 Å². The van der Waals surface area contributed by atoms with E-state index in [9.17, 15) is 9.59 Å². The van der Waals surface area contributed by atoms with Crippen molar-refractivity contribution >= 4 is 11.8 Å². The summed E-state index contributed by atoms with van der Waals surface area (Å²) in [5.41, 5.74) is 1.18. The first-order chi connectivity index (χ1) is 12.1. The molecule has 0 aromatic carbocycles. The van der Waals surface area contributed by atoms with Crippen LogP contribution in [0, 0.1) is 24.7 Å². The van der Waals surface area contributed by atoms with E-state index >= 15 is 0 Å². The lowest BCUT2D eigenvalue weighted by molar-refractivity contribution is -0.144. The van der Waals surface area contributed by atoms with Gasteiger partial charge in [-0.3, -0.25) is 9.59 Å². The molecule has 4 atom stereocenters. The molecular formula is C19H26N4O2. The number of hydrogen-bond acceptors (Lipinski definition) is 4. The molecule has 2 saturated carbocycles. The summed E-state index contributed by atoms with van der Waals surface area (Å²) in [7, 11) is 0. The maximum atomic E-state index is 12.9. The minimum absolute atomic E-state index is 0.131. The molecule has 1 N–H and O–H groups in total. The Morgan fingerprint density at radius 1 is 1.28 bits per heavy atom. The molecule has 134 valence electrons. The van der Waals surface area contributed by atoms with Gasteiger partial charge in [0.15, 0.2) is 0 Å². The third-order valence-corrected chi connectivity index (χ3v) is 6.42. The fourth-order valence-corrected chi connectivity index (χ4v) is 4.98. The molecule has 6 heteroatoms.